The third-order valence-corrected chi connectivity index (χ3v) is 4.67. The minimum Gasteiger partial charge on any atom is -0.419 e. The number of aryl methyl sites for hydroxylation is 2. The molecule has 2 aromatic rings. The molecule has 31 heavy (non-hydrogen) atoms. The standard InChI is InChI=1S/C21H19F3N2O5/c1-11-6-7-13(12(2)8-11)9-14(25)10-30-26-18(27)15-4-3-5-16(17(15)19(26)28)31-20(29)21(22,23)24/h3-8,14H,9-10,25H2,1-2H3. The fourth-order valence-electron chi connectivity index (χ4n) is 3.18. The molecule has 1 unspecified atom stereocenters. The summed E-state index contributed by atoms with van der Waals surface area (Å²) in [4.78, 5) is 41.5. The first-order valence-corrected chi connectivity index (χ1v) is 9.24. The average molecular weight is 436 g/mol. The van der Waals surface area contributed by atoms with Gasteiger partial charge in [-0.1, -0.05) is 29.8 Å². The van der Waals surface area contributed by atoms with Gasteiger partial charge in [0, 0.05) is 6.04 Å². The molecule has 0 aromatic heterocycles. The number of hydrogen-bond acceptors (Lipinski definition) is 6. The van der Waals surface area contributed by atoms with E-state index < -0.39 is 41.3 Å². The molecule has 1 heterocycles. The number of nitrogens with zero attached hydrogens (tertiary/aromatic N) is 1. The highest BCUT2D eigenvalue weighted by Crippen LogP contribution is 2.32. The predicted octanol–water partition coefficient (Wildman–Crippen LogP) is 2.87. The van der Waals surface area contributed by atoms with Crippen molar-refractivity contribution in [2.24, 2.45) is 5.73 Å². The van der Waals surface area contributed by atoms with Crippen LogP contribution < -0.4 is 10.5 Å². The fourth-order valence-corrected chi connectivity index (χ4v) is 3.18. The Morgan fingerprint density at radius 1 is 1.13 bits per heavy atom. The van der Waals surface area contributed by atoms with Crippen molar-refractivity contribution < 1.29 is 37.1 Å². The number of esters is 1. The van der Waals surface area contributed by atoms with Crippen LogP contribution >= 0.6 is 0 Å². The van der Waals surface area contributed by atoms with Gasteiger partial charge in [0.2, 0.25) is 0 Å². The van der Waals surface area contributed by atoms with Crippen LogP contribution in [0.3, 0.4) is 0 Å². The first-order valence-electron chi connectivity index (χ1n) is 9.24. The number of carbonyl (C=O) groups is 3. The Kier molecular flexibility index (Phi) is 6.14. The Hall–Kier alpha value is -3.24. The molecule has 0 saturated carbocycles. The zero-order valence-corrected chi connectivity index (χ0v) is 16.7. The van der Waals surface area contributed by atoms with Crippen LogP contribution in [-0.2, 0) is 16.1 Å². The van der Waals surface area contributed by atoms with E-state index in [1.807, 2.05) is 32.0 Å². The van der Waals surface area contributed by atoms with Crippen molar-refractivity contribution in [2.75, 3.05) is 6.61 Å². The number of hydroxylamine groups is 2. The molecule has 3 rings (SSSR count). The van der Waals surface area contributed by atoms with E-state index in [-0.39, 0.29) is 12.2 Å². The van der Waals surface area contributed by atoms with Gasteiger partial charge < -0.3 is 10.5 Å². The van der Waals surface area contributed by atoms with Gasteiger partial charge in [-0.15, -0.1) is 5.06 Å². The highest BCUT2D eigenvalue weighted by atomic mass is 19.4. The molecule has 0 fully saturated rings. The topological polar surface area (TPSA) is 98.9 Å². The number of ether oxygens (including phenoxy) is 1. The van der Waals surface area contributed by atoms with Gasteiger partial charge in [-0.05, 0) is 43.5 Å². The van der Waals surface area contributed by atoms with Crippen molar-refractivity contribution in [1.29, 1.82) is 0 Å². The second-order valence-corrected chi connectivity index (χ2v) is 7.16. The van der Waals surface area contributed by atoms with Gasteiger partial charge in [-0.25, -0.2) is 4.79 Å². The number of alkyl halides is 3. The van der Waals surface area contributed by atoms with E-state index in [0.29, 0.717) is 11.5 Å². The summed E-state index contributed by atoms with van der Waals surface area (Å²) in [5.74, 6) is -5.10. The maximum Gasteiger partial charge on any atom is 0.491 e. The molecule has 7 nitrogen and oxygen atoms in total. The van der Waals surface area contributed by atoms with Crippen molar-refractivity contribution in [2.45, 2.75) is 32.5 Å². The van der Waals surface area contributed by atoms with Crippen LogP contribution in [0.15, 0.2) is 36.4 Å². The van der Waals surface area contributed by atoms with Gasteiger partial charge in [0.25, 0.3) is 11.8 Å². The van der Waals surface area contributed by atoms with Crippen LogP contribution in [0, 0.1) is 13.8 Å². The SMILES string of the molecule is Cc1ccc(CC(N)CON2C(=O)c3cccc(OC(=O)C(F)(F)F)c3C2=O)c(C)c1. The maximum atomic E-state index is 12.6. The number of halogens is 3. The lowest BCUT2D eigenvalue weighted by atomic mass is 10.00. The van der Waals surface area contributed by atoms with E-state index >= 15 is 0 Å². The molecular formula is C21H19F3N2O5. The molecule has 0 radical (unpaired) electrons. The Morgan fingerprint density at radius 2 is 1.84 bits per heavy atom. The number of hydrogen-bond donors (Lipinski definition) is 1. The quantitative estimate of drug-likeness (QED) is 0.425. The van der Waals surface area contributed by atoms with E-state index in [1.54, 1.807) is 0 Å². The lowest BCUT2D eigenvalue weighted by Gasteiger charge is -2.18. The van der Waals surface area contributed by atoms with Crippen LogP contribution in [0.25, 0.3) is 0 Å². The fraction of sp³-hybridized carbons (Fsp3) is 0.286. The molecule has 0 saturated heterocycles. The molecule has 164 valence electrons. The van der Waals surface area contributed by atoms with Gasteiger partial charge in [-0.2, -0.15) is 13.2 Å². The summed E-state index contributed by atoms with van der Waals surface area (Å²) < 4.78 is 41.8. The molecule has 1 aliphatic rings. The second kappa shape index (κ2) is 8.48. The molecule has 2 N–H and O–H groups in total. The summed E-state index contributed by atoms with van der Waals surface area (Å²) in [5, 5.41) is 0.414. The van der Waals surface area contributed by atoms with Crippen molar-refractivity contribution in [1.82, 2.24) is 5.06 Å². The summed E-state index contributed by atoms with van der Waals surface area (Å²) in [6.07, 6.45) is -4.84. The molecule has 0 spiro atoms. The molecule has 10 heteroatoms. The predicted molar refractivity (Wildman–Crippen MR) is 102 cm³/mol. The van der Waals surface area contributed by atoms with Crippen molar-refractivity contribution in [3.05, 3.63) is 64.2 Å². The van der Waals surface area contributed by atoms with E-state index in [9.17, 15) is 27.6 Å². The van der Waals surface area contributed by atoms with Crippen LogP contribution in [-0.4, -0.2) is 41.7 Å². The van der Waals surface area contributed by atoms with Gasteiger partial charge in [-0.3, -0.25) is 14.4 Å². The third-order valence-electron chi connectivity index (χ3n) is 4.67. The minimum atomic E-state index is -5.26. The summed E-state index contributed by atoms with van der Waals surface area (Å²) in [7, 11) is 0. The molecule has 1 atom stereocenters. The first kappa shape index (κ1) is 22.4. The average Bonchev–Trinajstić information content (AvgIpc) is 2.93. The number of benzene rings is 2. The van der Waals surface area contributed by atoms with E-state index in [2.05, 4.69) is 4.74 Å². The summed E-state index contributed by atoms with van der Waals surface area (Å²) in [6, 6.07) is 8.70. The lowest BCUT2D eigenvalue weighted by molar-refractivity contribution is -0.189. The van der Waals surface area contributed by atoms with Crippen molar-refractivity contribution in [3.8, 4) is 5.75 Å². The number of nitrogens with two attached hydrogens (primary N) is 1. The largest absolute Gasteiger partial charge is 0.491 e. The summed E-state index contributed by atoms with van der Waals surface area (Å²) in [5.41, 5.74) is 8.46. The van der Waals surface area contributed by atoms with Gasteiger partial charge in [0.05, 0.1) is 17.7 Å². The maximum absolute atomic E-state index is 12.6. The molecule has 1 aliphatic heterocycles. The second-order valence-electron chi connectivity index (χ2n) is 7.16. The number of imide groups is 1. The molecule has 0 bridgehead atoms. The lowest BCUT2D eigenvalue weighted by Crippen LogP contribution is -2.37. The Bertz CT molecular complexity index is 1050. The van der Waals surface area contributed by atoms with Gasteiger partial charge in [0.1, 0.15) is 5.75 Å². The highest BCUT2D eigenvalue weighted by Gasteiger charge is 2.44. The van der Waals surface area contributed by atoms with Crippen molar-refractivity contribution >= 4 is 17.8 Å². The monoisotopic (exact) mass is 436 g/mol. The molecular weight excluding hydrogens is 417 g/mol. The van der Waals surface area contributed by atoms with Crippen LogP contribution in [0.2, 0.25) is 0 Å². The summed E-state index contributed by atoms with van der Waals surface area (Å²) >= 11 is 0. The zero-order valence-electron chi connectivity index (χ0n) is 16.7. The van der Waals surface area contributed by atoms with Gasteiger partial charge in [0.15, 0.2) is 0 Å². The van der Waals surface area contributed by atoms with Crippen molar-refractivity contribution in [3.63, 3.8) is 0 Å². The molecule has 2 aromatic carbocycles. The number of rotatable bonds is 6. The molecule has 0 aliphatic carbocycles. The normalized spacial score (nSPS) is 14.6. The van der Waals surface area contributed by atoms with Crippen LogP contribution in [0.5, 0.6) is 5.75 Å². The Morgan fingerprint density at radius 3 is 2.48 bits per heavy atom. The first-order chi connectivity index (χ1) is 14.5. The smallest absolute Gasteiger partial charge is 0.419 e. The Balaban J connectivity index is 1.71. The van der Waals surface area contributed by atoms with Gasteiger partial charge >= 0.3 is 12.1 Å². The minimum absolute atomic E-state index is 0.198. The van der Waals surface area contributed by atoms with Crippen LogP contribution in [0.1, 0.15) is 37.4 Å². The number of carbonyl (C=O) groups excluding carboxylic acids is 3. The highest BCUT2D eigenvalue weighted by molar-refractivity contribution is 6.22. The third kappa shape index (κ3) is 4.75. The molecule has 2 amide bonds. The zero-order chi connectivity index (χ0) is 22.9. The van der Waals surface area contributed by atoms with E-state index in [0.717, 1.165) is 22.8 Å². The number of fused-ring (bicyclic) bond motifs is 1. The Labute approximate surface area is 175 Å². The van der Waals surface area contributed by atoms with E-state index in [1.165, 1.54) is 12.1 Å². The van der Waals surface area contributed by atoms with Crippen LogP contribution in [0.4, 0.5) is 13.2 Å². The number of amides is 2. The summed E-state index contributed by atoms with van der Waals surface area (Å²) in [6.45, 7) is 3.70. The van der Waals surface area contributed by atoms with E-state index in [4.69, 9.17) is 10.6 Å².